The van der Waals surface area contributed by atoms with Gasteiger partial charge in [-0.15, -0.1) is 11.3 Å². The Labute approximate surface area is 150 Å². The molecule has 0 radical (unpaired) electrons. The molecule has 3 aromatic rings. The van der Waals surface area contributed by atoms with Crippen molar-refractivity contribution in [3.63, 3.8) is 0 Å². The van der Waals surface area contributed by atoms with Crippen molar-refractivity contribution < 1.29 is 4.79 Å². The van der Waals surface area contributed by atoms with Crippen molar-refractivity contribution in [2.75, 3.05) is 20.1 Å². The van der Waals surface area contributed by atoms with Crippen molar-refractivity contribution in [2.45, 2.75) is 13.0 Å². The van der Waals surface area contributed by atoms with Crippen molar-refractivity contribution in [3.8, 4) is 0 Å². The van der Waals surface area contributed by atoms with Gasteiger partial charge in [-0.2, -0.15) is 0 Å². The molecule has 4 nitrogen and oxygen atoms in total. The number of fused-ring (bicyclic) bond motifs is 1. The fraction of sp³-hybridized carbons (Fsp3) is 0.278. The number of carbonyl (C=O) groups is 1. The molecule has 1 amide bonds. The second kappa shape index (κ2) is 7.83. The first kappa shape index (κ1) is 17.0. The van der Waals surface area contributed by atoms with E-state index in [1.54, 1.807) is 11.3 Å². The van der Waals surface area contributed by atoms with Gasteiger partial charge in [0.15, 0.2) is 0 Å². The molecule has 1 aromatic carbocycles. The molecule has 0 saturated heterocycles. The van der Waals surface area contributed by atoms with E-state index in [-0.39, 0.29) is 5.91 Å². The molecule has 0 aliphatic rings. The fourth-order valence-electron chi connectivity index (χ4n) is 2.73. The summed E-state index contributed by atoms with van der Waals surface area (Å²) in [6, 6.07) is 12.1. The van der Waals surface area contributed by atoms with Crippen LogP contribution in [0.25, 0.3) is 10.9 Å². The molecule has 0 spiro atoms. The Morgan fingerprint density at radius 3 is 2.92 bits per heavy atom. The molecule has 0 atom stereocenters. The minimum absolute atomic E-state index is 0.0417. The summed E-state index contributed by atoms with van der Waals surface area (Å²) in [5.74, 6) is 0.0417. The predicted octanol–water partition coefficient (Wildman–Crippen LogP) is 3.67. The van der Waals surface area contributed by atoms with Crippen LogP contribution < -0.4 is 5.32 Å². The van der Waals surface area contributed by atoms with Crippen molar-refractivity contribution in [1.82, 2.24) is 15.2 Å². The number of likely N-dealkylation sites (N-methyl/N-ethyl adjacent to an activating group) is 1. The van der Waals surface area contributed by atoms with E-state index >= 15 is 0 Å². The predicted molar refractivity (Wildman–Crippen MR) is 101 cm³/mol. The summed E-state index contributed by atoms with van der Waals surface area (Å²) in [7, 11) is 1.94. The van der Waals surface area contributed by atoms with E-state index in [1.807, 2.05) is 42.4 Å². The first-order valence-electron chi connectivity index (χ1n) is 7.86. The Morgan fingerprint density at radius 1 is 1.29 bits per heavy atom. The van der Waals surface area contributed by atoms with E-state index in [2.05, 4.69) is 22.4 Å². The minimum atomic E-state index is 0.0417. The van der Waals surface area contributed by atoms with Crippen molar-refractivity contribution >= 4 is 39.7 Å². The van der Waals surface area contributed by atoms with Crippen LogP contribution in [-0.4, -0.2) is 35.9 Å². The summed E-state index contributed by atoms with van der Waals surface area (Å²) in [5.41, 5.74) is 2.36. The Balaban J connectivity index is 1.44. The largest absolute Gasteiger partial charge is 0.361 e. The molecule has 2 aromatic heterocycles. The number of para-hydroxylation sites is 1. The van der Waals surface area contributed by atoms with Gasteiger partial charge in [0.1, 0.15) is 0 Å². The highest BCUT2D eigenvalue weighted by atomic mass is 35.5. The maximum absolute atomic E-state index is 12.1. The third-order valence-corrected chi connectivity index (χ3v) is 5.08. The van der Waals surface area contributed by atoms with Crippen LogP contribution in [0.2, 0.25) is 4.34 Å². The number of hydrogen-bond donors (Lipinski definition) is 2. The number of thiophene rings is 1. The summed E-state index contributed by atoms with van der Waals surface area (Å²) in [6.45, 7) is 1.75. The Bertz CT molecular complexity index is 826. The number of benzene rings is 1. The SMILES string of the molecule is CN(CC(=O)NCCc1c[nH]c2ccccc12)Cc1ccc(Cl)s1. The van der Waals surface area contributed by atoms with Gasteiger partial charge in [-0.05, 0) is 37.2 Å². The molecule has 3 rings (SSSR count). The number of hydrogen-bond acceptors (Lipinski definition) is 3. The number of aromatic nitrogens is 1. The van der Waals surface area contributed by atoms with Crippen LogP contribution >= 0.6 is 22.9 Å². The molecule has 0 aliphatic heterocycles. The van der Waals surface area contributed by atoms with Crippen molar-refractivity contribution in [2.24, 2.45) is 0 Å². The number of nitrogens with one attached hydrogen (secondary N) is 2. The van der Waals surface area contributed by atoms with E-state index in [0.29, 0.717) is 13.1 Å². The Kier molecular flexibility index (Phi) is 5.56. The zero-order chi connectivity index (χ0) is 16.9. The van der Waals surface area contributed by atoms with Gasteiger partial charge in [-0.25, -0.2) is 0 Å². The second-order valence-corrected chi connectivity index (χ2v) is 7.64. The maximum atomic E-state index is 12.1. The van der Waals surface area contributed by atoms with Gasteiger partial charge in [0.05, 0.1) is 10.9 Å². The molecule has 0 unspecified atom stereocenters. The molecule has 126 valence electrons. The zero-order valence-corrected chi connectivity index (χ0v) is 15.1. The van der Waals surface area contributed by atoms with Crippen molar-refractivity contribution in [1.29, 1.82) is 0 Å². The molecule has 0 saturated carbocycles. The highest BCUT2D eigenvalue weighted by Crippen LogP contribution is 2.22. The summed E-state index contributed by atoms with van der Waals surface area (Å²) in [5, 5.41) is 4.21. The second-order valence-electron chi connectivity index (χ2n) is 5.84. The summed E-state index contributed by atoms with van der Waals surface area (Å²) >= 11 is 7.48. The smallest absolute Gasteiger partial charge is 0.234 e. The van der Waals surface area contributed by atoms with Crippen LogP contribution in [0, 0.1) is 0 Å². The number of amides is 1. The summed E-state index contributed by atoms with van der Waals surface area (Å²) < 4.78 is 0.779. The van der Waals surface area contributed by atoms with Crippen LogP contribution in [0.1, 0.15) is 10.4 Å². The zero-order valence-electron chi connectivity index (χ0n) is 13.5. The number of halogens is 1. The lowest BCUT2D eigenvalue weighted by Crippen LogP contribution is -2.35. The third kappa shape index (κ3) is 4.38. The molecular formula is C18H20ClN3OS. The van der Waals surface area contributed by atoms with Crippen LogP contribution in [-0.2, 0) is 17.8 Å². The average Bonchev–Trinajstić information content (AvgIpc) is 3.14. The topological polar surface area (TPSA) is 48.1 Å². The first-order valence-corrected chi connectivity index (χ1v) is 9.06. The minimum Gasteiger partial charge on any atom is -0.361 e. The average molecular weight is 362 g/mol. The van der Waals surface area contributed by atoms with E-state index in [0.717, 1.165) is 27.7 Å². The number of nitrogens with zero attached hydrogens (tertiary/aromatic N) is 1. The molecular weight excluding hydrogens is 342 g/mol. The molecule has 2 N–H and O–H groups in total. The Hall–Kier alpha value is -1.82. The lowest BCUT2D eigenvalue weighted by Gasteiger charge is -2.15. The molecule has 24 heavy (non-hydrogen) atoms. The Morgan fingerprint density at radius 2 is 2.12 bits per heavy atom. The van der Waals surface area contributed by atoms with Gasteiger partial charge in [0.2, 0.25) is 5.91 Å². The lowest BCUT2D eigenvalue weighted by atomic mass is 10.1. The van der Waals surface area contributed by atoms with Gasteiger partial charge in [-0.1, -0.05) is 29.8 Å². The van der Waals surface area contributed by atoms with Crippen molar-refractivity contribution in [3.05, 3.63) is 57.4 Å². The standard InChI is InChI=1S/C18H20ClN3OS/c1-22(11-14-6-7-17(19)24-14)12-18(23)20-9-8-13-10-21-16-5-3-2-4-15(13)16/h2-7,10,21H,8-9,11-12H2,1H3,(H,20,23). The van der Waals surface area contributed by atoms with Gasteiger partial charge in [0, 0.05) is 35.1 Å². The highest BCUT2D eigenvalue weighted by Gasteiger charge is 2.09. The van der Waals surface area contributed by atoms with Gasteiger partial charge < -0.3 is 10.3 Å². The van der Waals surface area contributed by atoms with Gasteiger partial charge in [0.25, 0.3) is 0 Å². The number of H-pyrrole nitrogens is 1. The van der Waals surface area contributed by atoms with Crippen LogP contribution in [0.15, 0.2) is 42.6 Å². The van der Waals surface area contributed by atoms with E-state index in [4.69, 9.17) is 11.6 Å². The fourth-order valence-corrected chi connectivity index (χ4v) is 3.90. The van der Waals surface area contributed by atoms with E-state index in [1.165, 1.54) is 10.9 Å². The molecule has 6 heteroatoms. The molecule has 0 aliphatic carbocycles. The van der Waals surface area contributed by atoms with Crippen LogP contribution in [0.4, 0.5) is 0 Å². The first-order chi connectivity index (χ1) is 11.6. The monoisotopic (exact) mass is 361 g/mol. The quantitative estimate of drug-likeness (QED) is 0.674. The lowest BCUT2D eigenvalue weighted by molar-refractivity contribution is -0.122. The normalized spacial score (nSPS) is 11.3. The van der Waals surface area contributed by atoms with Gasteiger partial charge in [-0.3, -0.25) is 9.69 Å². The molecule has 2 heterocycles. The highest BCUT2D eigenvalue weighted by molar-refractivity contribution is 7.16. The maximum Gasteiger partial charge on any atom is 0.234 e. The number of carbonyl (C=O) groups excluding carboxylic acids is 1. The summed E-state index contributed by atoms with van der Waals surface area (Å²) in [6.07, 6.45) is 2.84. The number of rotatable bonds is 7. The molecule has 0 bridgehead atoms. The van der Waals surface area contributed by atoms with E-state index in [9.17, 15) is 4.79 Å². The van der Waals surface area contributed by atoms with Crippen LogP contribution in [0.3, 0.4) is 0 Å². The summed E-state index contributed by atoms with van der Waals surface area (Å²) in [4.78, 5) is 18.5. The van der Waals surface area contributed by atoms with E-state index < -0.39 is 0 Å². The molecule has 0 fully saturated rings. The van der Waals surface area contributed by atoms with Gasteiger partial charge >= 0.3 is 0 Å². The number of aromatic amines is 1. The third-order valence-electron chi connectivity index (χ3n) is 3.86. The van der Waals surface area contributed by atoms with Crippen LogP contribution in [0.5, 0.6) is 0 Å².